The Morgan fingerprint density at radius 2 is 1.91 bits per heavy atom. The predicted molar refractivity (Wildman–Crippen MR) is 87.9 cm³/mol. The van der Waals surface area contributed by atoms with Crippen LogP contribution in [0.1, 0.15) is 24.3 Å². The van der Waals surface area contributed by atoms with Gasteiger partial charge < -0.3 is 5.32 Å². The SMILES string of the molecule is N#CC(C(=O)[C@H]1CNC(=O)[C@@H]1c1ccccc1)=S1CCCC1. The van der Waals surface area contributed by atoms with Crippen molar-refractivity contribution in [3.63, 3.8) is 0 Å². The van der Waals surface area contributed by atoms with E-state index >= 15 is 0 Å². The van der Waals surface area contributed by atoms with E-state index in [1.54, 1.807) is 0 Å². The maximum atomic E-state index is 12.8. The van der Waals surface area contributed by atoms with Gasteiger partial charge in [-0.15, -0.1) is 0 Å². The number of amides is 1. The Balaban J connectivity index is 1.93. The zero-order valence-electron chi connectivity index (χ0n) is 12.2. The maximum absolute atomic E-state index is 12.8. The van der Waals surface area contributed by atoms with Crippen molar-refractivity contribution >= 4 is 27.0 Å². The zero-order valence-corrected chi connectivity index (χ0v) is 13.1. The molecule has 2 fully saturated rings. The Hall–Kier alpha value is -1.93. The maximum Gasteiger partial charge on any atom is 0.228 e. The fraction of sp³-hybridized carbons (Fsp3) is 0.412. The lowest BCUT2D eigenvalue weighted by molar-refractivity contribution is -0.123. The van der Waals surface area contributed by atoms with E-state index in [2.05, 4.69) is 11.4 Å². The molecule has 0 spiro atoms. The van der Waals surface area contributed by atoms with Gasteiger partial charge in [0.25, 0.3) is 0 Å². The molecule has 4 nitrogen and oxygen atoms in total. The van der Waals surface area contributed by atoms with Crippen molar-refractivity contribution in [2.24, 2.45) is 5.92 Å². The summed E-state index contributed by atoms with van der Waals surface area (Å²) in [5, 5.41) is 12.2. The molecule has 1 aromatic rings. The highest BCUT2D eigenvalue weighted by Crippen LogP contribution is 2.33. The summed E-state index contributed by atoms with van der Waals surface area (Å²) in [6, 6.07) is 11.5. The summed E-state index contributed by atoms with van der Waals surface area (Å²) in [6.45, 7) is 0.333. The second-order valence-corrected chi connectivity index (χ2v) is 7.86. The second-order valence-electron chi connectivity index (χ2n) is 5.65. The van der Waals surface area contributed by atoms with Crippen molar-refractivity contribution in [1.82, 2.24) is 5.32 Å². The van der Waals surface area contributed by atoms with Crippen LogP contribution in [0.2, 0.25) is 0 Å². The van der Waals surface area contributed by atoms with Gasteiger partial charge in [-0.05, 0) is 29.9 Å². The largest absolute Gasteiger partial charge is 0.355 e. The molecule has 0 aliphatic carbocycles. The molecule has 2 aliphatic heterocycles. The van der Waals surface area contributed by atoms with E-state index in [1.807, 2.05) is 30.3 Å². The highest BCUT2D eigenvalue weighted by molar-refractivity contribution is 8.17. The third-order valence-corrected chi connectivity index (χ3v) is 6.75. The van der Waals surface area contributed by atoms with E-state index in [9.17, 15) is 14.9 Å². The molecular weight excluding hydrogens is 296 g/mol. The summed E-state index contributed by atoms with van der Waals surface area (Å²) < 4.78 is 0. The summed E-state index contributed by atoms with van der Waals surface area (Å²) in [5.74, 6) is 0.731. The van der Waals surface area contributed by atoms with Gasteiger partial charge in [-0.25, -0.2) is 0 Å². The van der Waals surface area contributed by atoms with Crippen LogP contribution in [0.3, 0.4) is 0 Å². The summed E-state index contributed by atoms with van der Waals surface area (Å²) in [7, 11) is -0.207. The molecule has 2 aliphatic rings. The molecule has 2 atom stereocenters. The summed E-state index contributed by atoms with van der Waals surface area (Å²) in [6.07, 6.45) is 2.18. The molecule has 1 aromatic carbocycles. The second kappa shape index (κ2) is 6.45. The van der Waals surface area contributed by atoms with Gasteiger partial charge >= 0.3 is 0 Å². The third-order valence-electron chi connectivity index (χ3n) is 4.32. The average Bonchev–Trinajstić information content (AvgIpc) is 3.18. The van der Waals surface area contributed by atoms with Crippen LogP contribution in [0.15, 0.2) is 30.3 Å². The highest BCUT2D eigenvalue weighted by atomic mass is 32.2. The number of carbonyl (C=O) groups excluding carboxylic acids is 2. The van der Waals surface area contributed by atoms with Crippen molar-refractivity contribution < 1.29 is 9.59 Å². The highest BCUT2D eigenvalue weighted by Gasteiger charge is 2.41. The number of hydrogen-bond acceptors (Lipinski definition) is 3. The van der Waals surface area contributed by atoms with E-state index in [0.29, 0.717) is 11.4 Å². The molecule has 2 saturated heterocycles. The number of Topliss-reactive ketones (excluding diaryl/α,β-unsaturated/α-hetero) is 1. The minimum atomic E-state index is -0.469. The van der Waals surface area contributed by atoms with Crippen LogP contribution in [-0.4, -0.2) is 34.6 Å². The molecule has 5 heteroatoms. The van der Waals surface area contributed by atoms with Gasteiger partial charge in [0, 0.05) is 6.54 Å². The van der Waals surface area contributed by atoms with E-state index in [-0.39, 0.29) is 22.2 Å². The van der Waals surface area contributed by atoms with Crippen molar-refractivity contribution in [3.8, 4) is 6.07 Å². The molecule has 1 N–H and O–H groups in total. The molecule has 0 radical (unpaired) electrons. The molecule has 3 rings (SSSR count). The number of benzene rings is 1. The fourth-order valence-electron chi connectivity index (χ4n) is 3.20. The first-order chi connectivity index (χ1) is 10.7. The molecule has 0 bridgehead atoms. The molecule has 2 heterocycles. The summed E-state index contributed by atoms with van der Waals surface area (Å²) in [5.41, 5.74) is 0.850. The first kappa shape index (κ1) is 15.0. The van der Waals surface area contributed by atoms with Gasteiger partial charge in [-0.3, -0.25) is 9.59 Å². The zero-order chi connectivity index (χ0) is 15.5. The van der Waals surface area contributed by atoms with E-state index in [4.69, 9.17) is 0 Å². The number of nitrogens with zero attached hydrogens (tertiary/aromatic N) is 1. The van der Waals surface area contributed by atoms with E-state index in [1.165, 1.54) is 0 Å². The van der Waals surface area contributed by atoms with Crippen molar-refractivity contribution in [3.05, 3.63) is 35.9 Å². The molecule has 22 heavy (non-hydrogen) atoms. The molecule has 0 aromatic heterocycles. The lowest BCUT2D eigenvalue weighted by Gasteiger charge is -2.16. The topological polar surface area (TPSA) is 70.0 Å². The van der Waals surface area contributed by atoms with Crippen LogP contribution in [-0.2, 0) is 9.59 Å². The van der Waals surface area contributed by atoms with E-state index in [0.717, 1.165) is 29.9 Å². The molecule has 0 saturated carbocycles. The van der Waals surface area contributed by atoms with Crippen LogP contribution in [0, 0.1) is 17.2 Å². The van der Waals surface area contributed by atoms with Crippen molar-refractivity contribution in [1.29, 1.82) is 5.26 Å². The van der Waals surface area contributed by atoms with Crippen LogP contribution in [0.5, 0.6) is 0 Å². The third kappa shape index (κ3) is 2.71. The molecule has 114 valence electrons. The first-order valence-electron chi connectivity index (χ1n) is 7.54. The van der Waals surface area contributed by atoms with E-state index < -0.39 is 11.8 Å². The lowest BCUT2D eigenvalue weighted by Crippen LogP contribution is -2.28. The van der Waals surface area contributed by atoms with Gasteiger partial charge in [0.05, 0.1) is 11.8 Å². The summed E-state index contributed by atoms with van der Waals surface area (Å²) >= 11 is 0. The monoisotopic (exact) mass is 314 g/mol. The normalized spacial score (nSPS) is 24.8. The van der Waals surface area contributed by atoms with Gasteiger partial charge in [0.2, 0.25) is 5.91 Å². The van der Waals surface area contributed by atoms with Gasteiger partial charge in [-0.1, -0.05) is 30.3 Å². The van der Waals surface area contributed by atoms with Crippen molar-refractivity contribution in [2.45, 2.75) is 18.8 Å². The first-order valence-corrected chi connectivity index (χ1v) is 9.10. The predicted octanol–water partition coefficient (Wildman–Crippen LogP) is 1.84. The number of nitrogens with one attached hydrogen (secondary N) is 1. The number of carbonyl (C=O) groups is 2. The van der Waals surface area contributed by atoms with Crippen LogP contribution >= 0.6 is 10.5 Å². The van der Waals surface area contributed by atoms with Crippen molar-refractivity contribution in [2.75, 3.05) is 18.1 Å². The number of rotatable bonds is 3. The van der Waals surface area contributed by atoms with Gasteiger partial charge in [0.15, 0.2) is 5.78 Å². The Kier molecular flexibility index (Phi) is 4.39. The Bertz CT molecular complexity index is 668. The van der Waals surface area contributed by atoms with Gasteiger partial charge in [0.1, 0.15) is 10.9 Å². The standard InChI is InChI=1S/C17H18N2O2S/c18-10-14(22-8-4-5-9-22)16(20)13-11-19-17(21)15(13)12-6-2-1-3-7-12/h1-3,6-7,13,15H,4-5,8-9,11H2,(H,19,21)/t13-,15+/m0/s1. The quantitative estimate of drug-likeness (QED) is 0.866. The number of ketones is 1. The molecule has 1 amide bonds. The average molecular weight is 314 g/mol. The van der Waals surface area contributed by atoms with Crippen LogP contribution < -0.4 is 5.32 Å². The fourth-order valence-corrected chi connectivity index (χ4v) is 5.48. The number of nitriles is 1. The minimum absolute atomic E-state index is 0.114. The Morgan fingerprint density at radius 1 is 1.23 bits per heavy atom. The summed E-state index contributed by atoms with van der Waals surface area (Å²) in [4.78, 5) is 25.4. The minimum Gasteiger partial charge on any atom is -0.355 e. The van der Waals surface area contributed by atoms with Crippen LogP contribution in [0.4, 0.5) is 0 Å². The number of hydrogen-bond donors (Lipinski definition) is 1. The smallest absolute Gasteiger partial charge is 0.228 e. The van der Waals surface area contributed by atoms with Gasteiger partial charge in [-0.2, -0.15) is 15.7 Å². The lowest BCUT2D eigenvalue weighted by atomic mass is 9.85. The van der Waals surface area contributed by atoms with Crippen LogP contribution in [0.25, 0.3) is 0 Å². The Morgan fingerprint density at radius 3 is 2.55 bits per heavy atom. The Labute approximate surface area is 132 Å². The molecule has 0 unspecified atom stereocenters. The molecular formula is C17H18N2O2S.